The van der Waals surface area contributed by atoms with Gasteiger partial charge in [0.15, 0.2) is 0 Å². The SMILES string of the molecule is Cc1cccc(N2CCN(S(=O)(=O)c3ccccc3C)CC2)c1. The molecule has 4 nitrogen and oxygen atoms in total. The molecule has 1 aliphatic rings. The first-order valence-corrected chi connectivity index (χ1v) is 9.30. The third-order valence-electron chi connectivity index (χ3n) is 4.32. The van der Waals surface area contributed by atoms with Crippen molar-refractivity contribution in [1.82, 2.24) is 4.31 Å². The Morgan fingerprint density at radius 2 is 1.57 bits per heavy atom. The average molecular weight is 330 g/mol. The summed E-state index contributed by atoms with van der Waals surface area (Å²) in [5.41, 5.74) is 3.18. The van der Waals surface area contributed by atoms with Gasteiger partial charge in [0.2, 0.25) is 10.0 Å². The minimum Gasteiger partial charge on any atom is -0.369 e. The molecule has 1 aliphatic heterocycles. The Morgan fingerprint density at radius 1 is 0.870 bits per heavy atom. The summed E-state index contributed by atoms with van der Waals surface area (Å²) in [5, 5.41) is 0. The van der Waals surface area contributed by atoms with Crippen LogP contribution in [0.3, 0.4) is 0 Å². The first-order valence-electron chi connectivity index (χ1n) is 7.86. The second-order valence-electron chi connectivity index (χ2n) is 6.00. The van der Waals surface area contributed by atoms with Crippen LogP contribution in [0.15, 0.2) is 53.4 Å². The van der Waals surface area contributed by atoms with E-state index in [1.165, 1.54) is 5.56 Å². The van der Waals surface area contributed by atoms with Crippen LogP contribution in [0.25, 0.3) is 0 Å². The van der Waals surface area contributed by atoms with Gasteiger partial charge in [-0.3, -0.25) is 0 Å². The lowest BCUT2D eigenvalue weighted by Crippen LogP contribution is -2.48. The largest absolute Gasteiger partial charge is 0.369 e. The van der Waals surface area contributed by atoms with Crippen molar-refractivity contribution in [2.45, 2.75) is 18.7 Å². The summed E-state index contributed by atoms with van der Waals surface area (Å²) in [7, 11) is -3.40. The van der Waals surface area contributed by atoms with E-state index in [0.717, 1.165) is 11.3 Å². The van der Waals surface area contributed by atoms with Crippen molar-refractivity contribution in [3.63, 3.8) is 0 Å². The summed E-state index contributed by atoms with van der Waals surface area (Å²) in [6.45, 7) is 6.39. The Balaban J connectivity index is 1.75. The van der Waals surface area contributed by atoms with Crippen molar-refractivity contribution >= 4 is 15.7 Å². The maximum atomic E-state index is 12.8. The van der Waals surface area contributed by atoms with E-state index in [-0.39, 0.29) is 0 Å². The van der Waals surface area contributed by atoms with Crippen LogP contribution < -0.4 is 4.90 Å². The number of rotatable bonds is 3. The molecule has 2 aromatic carbocycles. The van der Waals surface area contributed by atoms with Crippen LogP contribution in [0.4, 0.5) is 5.69 Å². The van der Waals surface area contributed by atoms with E-state index in [2.05, 4.69) is 30.0 Å². The molecule has 0 amide bonds. The molecule has 0 N–H and O–H groups in total. The molecular formula is C18H22N2O2S. The number of piperazine rings is 1. The quantitative estimate of drug-likeness (QED) is 0.869. The summed E-state index contributed by atoms with van der Waals surface area (Å²) in [6, 6.07) is 15.5. The molecular weight excluding hydrogens is 308 g/mol. The van der Waals surface area contributed by atoms with Gasteiger partial charge in [-0.05, 0) is 43.2 Å². The van der Waals surface area contributed by atoms with Gasteiger partial charge < -0.3 is 4.90 Å². The van der Waals surface area contributed by atoms with Gasteiger partial charge in [0.25, 0.3) is 0 Å². The molecule has 0 atom stereocenters. The maximum absolute atomic E-state index is 12.8. The van der Waals surface area contributed by atoms with E-state index in [0.29, 0.717) is 31.1 Å². The van der Waals surface area contributed by atoms with Gasteiger partial charge in [-0.15, -0.1) is 0 Å². The van der Waals surface area contributed by atoms with Crippen LogP contribution in [-0.4, -0.2) is 38.9 Å². The third kappa shape index (κ3) is 3.26. The van der Waals surface area contributed by atoms with E-state index in [9.17, 15) is 8.42 Å². The van der Waals surface area contributed by atoms with Gasteiger partial charge in [0.1, 0.15) is 0 Å². The van der Waals surface area contributed by atoms with Gasteiger partial charge in [-0.25, -0.2) is 8.42 Å². The fourth-order valence-electron chi connectivity index (χ4n) is 3.00. The van der Waals surface area contributed by atoms with Gasteiger partial charge in [0.05, 0.1) is 4.90 Å². The molecule has 0 aliphatic carbocycles. The molecule has 122 valence electrons. The minimum atomic E-state index is -3.40. The van der Waals surface area contributed by atoms with Crippen molar-refractivity contribution in [2.75, 3.05) is 31.1 Å². The fourth-order valence-corrected chi connectivity index (χ4v) is 4.64. The molecule has 2 aromatic rings. The molecule has 1 saturated heterocycles. The minimum absolute atomic E-state index is 0.420. The molecule has 5 heteroatoms. The van der Waals surface area contributed by atoms with Gasteiger partial charge in [-0.2, -0.15) is 4.31 Å². The molecule has 1 fully saturated rings. The number of nitrogens with zero attached hydrogens (tertiary/aromatic N) is 2. The summed E-state index contributed by atoms with van der Waals surface area (Å²) >= 11 is 0. The van der Waals surface area contributed by atoms with E-state index in [1.807, 2.05) is 25.1 Å². The van der Waals surface area contributed by atoms with Crippen molar-refractivity contribution in [2.24, 2.45) is 0 Å². The highest BCUT2D eigenvalue weighted by molar-refractivity contribution is 7.89. The molecule has 0 saturated carbocycles. The molecule has 1 heterocycles. The smallest absolute Gasteiger partial charge is 0.243 e. The first kappa shape index (κ1) is 16.0. The van der Waals surface area contributed by atoms with E-state index in [1.54, 1.807) is 16.4 Å². The van der Waals surface area contributed by atoms with Crippen LogP contribution >= 0.6 is 0 Å². The third-order valence-corrected chi connectivity index (χ3v) is 6.38. The normalized spacial score (nSPS) is 16.5. The fraction of sp³-hybridized carbons (Fsp3) is 0.333. The van der Waals surface area contributed by atoms with Crippen LogP contribution in [-0.2, 0) is 10.0 Å². The second kappa shape index (κ2) is 6.34. The number of anilines is 1. The van der Waals surface area contributed by atoms with Crippen molar-refractivity contribution < 1.29 is 8.42 Å². The average Bonchev–Trinajstić information content (AvgIpc) is 2.55. The van der Waals surface area contributed by atoms with Crippen LogP contribution in [0, 0.1) is 13.8 Å². The van der Waals surface area contributed by atoms with Crippen molar-refractivity contribution in [3.05, 3.63) is 59.7 Å². The summed E-state index contributed by atoms with van der Waals surface area (Å²) in [5.74, 6) is 0. The highest BCUT2D eigenvalue weighted by Gasteiger charge is 2.29. The van der Waals surface area contributed by atoms with Crippen molar-refractivity contribution in [3.8, 4) is 0 Å². The lowest BCUT2D eigenvalue weighted by atomic mass is 10.2. The predicted molar refractivity (Wildman–Crippen MR) is 93.3 cm³/mol. The number of sulfonamides is 1. The molecule has 3 rings (SSSR count). The number of benzene rings is 2. The lowest BCUT2D eigenvalue weighted by molar-refractivity contribution is 0.384. The Hall–Kier alpha value is -1.85. The van der Waals surface area contributed by atoms with Crippen molar-refractivity contribution in [1.29, 1.82) is 0 Å². The predicted octanol–water partition coefficient (Wildman–Crippen LogP) is 2.81. The zero-order chi connectivity index (χ0) is 16.4. The summed E-state index contributed by atoms with van der Waals surface area (Å²) in [4.78, 5) is 2.67. The van der Waals surface area contributed by atoms with Gasteiger partial charge in [-0.1, -0.05) is 30.3 Å². The lowest BCUT2D eigenvalue weighted by Gasteiger charge is -2.35. The highest BCUT2D eigenvalue weighted by Crippen LogP contribution is 2.23. The Morgan fingerprint density at radius 3 is 2.22 bits per heavy atom. The zero-order valence-corrected chi connectivity index (χ0v) is 14.4. The molecule has 0 unspecified atom stereocenters. The zero-order valence-electron chi connectivity index (χ0n) is 13.6. The topological polar surface area (TPSA) is 40.6 Å². The van der Waals surface area contributed by atoms with E-state index in [4.69, 9.17) is 0 Å². The molecule has 0 bridgehead atoms. The molecule has 0 spiro atoms. The van der Waals surface area contributed by atoms with Crippen LogP contribution in [0.2, 0.25) is 0 Å². The number of hydrogen-bond donors (Lipinski definition) is 0. The molecule has 0 aromatic heterocycles. The van der Waals surface area contributed by atoms with Gasteiger partial charge >= 0.3 is 0 Å². The molecule has 0 radical (unpaired) electrons. The van der Waals surface area contributed by atoms with Crippen LogP contribution in [0.1, 0.15) is 11.1 Å². The highest BCUT2D eigenvalue weighted by atomic mass is 32.2. The number of hydrogen-bond acceptors (Lipinski definition) is 3. The summed E-state index contributed by atoms with van der Waals surface area (Å²) in [6.07, 6.45) is 0. The Kier molecular flexibility index (Phi) is 4.41. The number of aryl methyl sites for hydroxylation is 2. The first-order chi connectivity index (χ1) is 11.0. The monoisotopic (exact) mass is 330 g/mol. The standard InChI is InChI=1S/C18H22N2O2S/c1-15-6-5-8-17(14-15)19-10-12-20(13-11-19)23(21,22)18-9-4-3-7-16(18)2/h3-9,14H,10-13H2,1-2H3. The van der Waals surface area contributed by atoms with E-state index < -0.39 is 10.0 Å². The van der Waals surface area contributed by atoms with Gasteiger partial charge in [0, 0.05) is 31.9 Å². The maximum Gasteiger partial charge on any atom is 0.243 e. The Labute approximate surface area is 138 Å². The Bertz CT molecular complexity index is 794. The molecule has 23 heavy (non-hydrogen) atoms. The van der Waals surface area contributed by atoms with E-state index >= 15 is 0 Å². The van der Waals surface area contributed by atoms with Crippen LogP contribution in [0.5, 0.6) is 0 Å². The second-order valence-corrected chi connectivity index (χ2v) is 7.90. The summed E-state index contributed by atoms with van der Waals surface area (Å²) < 4.78 is 27.2.